The van der Waals surface area contributed by atoms with E-state index < -0.39 is 0 Å². The largest absolute Gasteiger partial charge is 0.485 e. The van der Waals surface area contributed by atoms with Crippen LogP contribution in [0.25, 0.3) is 42.4 Å². The zero-order chi connectivity index (χ0) is 37.0. The van der Waals surface area contributed by atoms with Gasteiger partial charge in [0.2, 0.25) is 0 Å². The van der Waals surface area contributed by atoms with Crippen LogP contribution >= 0.6 is 11.3 Å². The number of aliphatic imine (C=N–C) groups is 2. The van der Waals surface area contributed by atoms with E-state index in [1.807, 2.05) is 11.3 Å². The molecule has 56 heavy (non-hydrogen) atoms. The van der Waals surface area contributed by atoms with E-state index in [1.165, 1.54) is 59.1 Å². The van der Waals surface area contributed by atoms with Gasteiger partial charge in [-0.15, -0.1) is 11.3 Å². The molecule has 5 heteroatoms. The van der Waals surface area contributed by atoms with Gasteiger partial charge >= 0.3 is 0 Å². The second-order valence-electron chi connectivity index (χ2n) is 15.1. The molecule has 5 aliphatic rings. The number of rotatable bonds is 6. The van der Waals surface area contributed by atoms with Crippen molar-refractivity contribution in [2.75, 3.05) is 0 Å². The summed E-state index contributed by atoms with van der Waals surface area (Å²) in [6, 6.07) is 39.6. The van der Waals surface area contributed by atoms with E-state index in [4.69, 9.17) is 14.7 Å². The average molecular weight is 742 g/mol. The van der Waals surface area contributed by atoms with E-state index in [0.29, 0.717) is 5.92 Å². The van der Waals surface area contributed by atoms with E-state index in [-0.39, 0.29) is 12.3 Å². The minimum atomic E-state index is -0.218. The Bertz CT molecular complexity index is 2820. The molecule has 0 amide bonds. The number of amidine groups is 2. The molecular formula is C51H39N3OS. The third kappa shape index (κ3) is 5.82. The van der Waals surface area contributed by atoms with E-state index >= 15 is 0 Å². The molecule has 6 aromatic rings. The monoisotopic (exact) mass is 741 g/mol. The highest BCUT2D eigenvalue weighted by molar-refractivity contribution is 7.26. The topological polar surface area (TPSA) is 46.0 Å². The molecule has 0 fully saturated rings. The van der Waals surface area contributed by atoms with Gasteiger partial charge in [0.15, 0.2) is 5.84 Å². The molecule has 3 atom stereocenters. The Morgan fingerprint density at radius 1 is 0.714 bits per heavy atom. The summed E-state index contributed by atoms with van der Waals surface area (Å²) in [7, 11) is 0. The molecule has 3 aliphatic carbocycles. The fourth-order valence-corrected chi connectivity index (χ4v) is 10.0. The summed E-state index contributed by atoms with van der Waals surface area (Å²) in [6.45, 7) is 0. The van der Waals surface area contributed by atoms with Crippen LogP contribution in [0.15, 0.2) is 179 Å². The molecule has 0 saturated carbocycles. The minimum absolute atomic E-state index is 0.0508. The first-order valence-electron chi connectivity index (χ1n) is 19.7. The fraction of sp³-hybridized carbons (Fsp3) is 0.137. The van der Waals surface area contributed by atoms with Crippen LogP contribution in [0.2, 0.25) is 0 Å². The van der Waals surface area contributed by atoms with Crippen molar-refractivity contribution in [3.8, 4) is 16.9 Å². The fourth-order valence-electron chi connectivity index (χ4n) is 8.80. The van der Waals surface area contributed by atoms with Gasteiger partial charge in [0, 0.05) is 60.3 Å². The smallest absolute Gasteiger partial charge is 0.159 e. The lowest BCUT2D eigenvalue weighted by atomic mass is 9.85. The Balaban J connectivity index is 0.899. The van der Waals surface area contributed by atoms with Gasteiger partial charge in [0.1, 0.15) is 23.9 Å². The molecule has 1 N–H and O–H groups in total. The van der Waals surface area contributed by atoms with Gasteiger partial charge < -0.3 is 10.1 Å². The Hall–Kier alpha value is -6.30. The summed E-state index contributed by atoms with van der Waals surface area (Å²) in [5.74, 6) is 2.85. The van der Waals surface area contributed by atoms with Gasteiger partial charge in [-0.2, -0.15) is 0 Å². The Morgan fingerprint density at radius 2 is 1.55 bits per heavy atom. The minimum Gasteiger partial charge on any atom is -0.485 e. The molecule has 5 aromatic carbocycles. The average Bonchev–Trinajstić information content (AvgIpc) is 3.85. The van der Waals surface area contributed by atoms with Gasteiger partial charge in [-0.1, -0.05) is 152 Å². The van der Waals surface area contributed by atoms with Gasteiger partial charge in [0.05, 0.1) is 0 Å². The maximum Gasteiger partial charge on any atom is 0.159 e. The number of thiophene rings is 1. The Kier molecular flexibility index (Phi) is 8.13. The van der Waals surface area contributed by atoms with E-state index in [1.54, 1.807) is 0 Å². The molecule has 270 valence electrons. The Labute approximate surface area is 331 Å². The first-order chi connectivity index (χ1) is 27.7. The summed E-state index contributed by atoms with van der Waals surface area (Å²) in [4.78, 5) is 10.3. The molecule has 2 aliphatic heterocycles. The third-order valence-electron chi connectivity index (χ3n) is 11.7. The molecule has 0 spiro atoms. The maximum atomic E-state index is 6.82. The molecule has 0 bridgehead atoms. The molecule has 0 saturated heterocycles. The van der Waals surface area contributed by atoms with Crippen molar-refractivity contribution >= 4 is 54.3 Å². The summed E-state index contributed by atoms with van der Waals surface area (Å²) < 4.78 is 9.48. The lowest BCUT2D eigenvalue weighted by Crippen LogP contribution is -2.40. The van der Waals surface area contributed by atoms with Crippen LogP contribution in [0.3, 0.4) is 0 Å². The predicted octanol–water partition coefficient (Wildman–Crippen LogP) is 12.4. The standard InChI is InChI=1S/C51H39N3OS/c1-3-12-32(13-4-1)33-22-24-35(25-23-33)50-52-49(34-14-5-2-6-15-34)53-51(54-50)37-27-29-41-40-28-26-36(30-45(40)55-46(41)31-37)38-16-7-8-17-39(38)43-19-11-20-44-42-18-9-10-21-47(42)56-48(43)44/h1,3-5,7-12,14-29,31-32,45,49H,2,6,13,30H2,(H,52,53,54). The van der Waals surface area contributed by atoms with Crippen LogP contribution in [0.5, 0.6) is 5.75 Å². The zero-order valence-electron chi connectivity index (χ0n) is 30.9. The summed E-state index contributed by atoms with van der Waals surface area (Å²) >= 11 is 1.88. The van der Waals surface area contributed by atoms with E-state index in [9.17, 15) is 0 Å². The highest BCUT2D eigenvalue weighted by Crippen LogP contribution is 2.47. The summed E-state index contributed by atoms with van der Waals surface area (Å²) in [5, 5.41) is 6.32. The number of nitrogens with one attached hydrogen (secondary N) is 1. The summed E-state index contributed by atoms with van der Waals surface area (Å²) in [5.41, 5.74) is 12.0. The van der Waals surface area contributed by atoms with Crippen molar-refractivity contribution < 1.29 is 4.74 Å². The van der Waals surface area contributed by atoms with Crippen molar-refractivity contribution in [2.24, 2.45) is 9.98 Å². The van der Waals surface area contributed by atoms with Crippen molar-refractivity contribution in [1.82, 2.24) is 5.32 Å². The lowest BCUT2D eigenvalue weighted by Gasteiger charge is -2.25. The molecule has 1 aromatic heterocycles. The van der Waals surface area contributed by atoms with E-state index in [2.05, 4.69) is 169 Å². The number of benzene rings is 5. The van der Waals surface area contributed by atoms with Crippen molar-refractivity contribution in [3.05, 3.63) is 197 Å². The molecule has 4 nitrogen and oxygen atoms in total. The van der Waals surface area contributed by atoms with Crippen molar-refractivity contribution in [1.29, 1.82) is 0 Å². The number of nitrogens with zero attached hydrogens (tertiary/aromatic N) is 2. The first-order valence-corrected chi connectivity index (χ1v) is 20.5. The van der Waals surface area contributed by atoms with E-state index in [0.717, 1.165) is 59.8 Å². The van der Waals surface area contributed by atoms with Crippen molar-refractivity contribution in [2.45, 2.75) is 43.9 Å². The predicted molar refractivity (Wildman–Crippen MR) is 235 cm³/mol. The Morgan fingerprint density at radius 3 is 2.43 bits per heavy atom. The molecular weight excluding hydrogens is 703 g/mol. The number of ether oxygens (including phenoxy) is 1. The number of fused-ring (bicyclic) bond motifs is 6. The first kappa shape index (κ1) is 33.1. The summed E-state index contributed by atoms with van der Waals surface area (Å²) in [6.07, 6.45) is 23.7. The quantitative estimate of drug-likeness (QED) is 0.185. The molecule has 11 rings (SSSR count). The highest BCUT2D eigenvalue weighted by atomic mass is 32.1. The van der Waals surface area contributed by atoms with Gasteiger partial charge in [0.25, 0.3) is 0 Å². The van der Waals surface area contributed by atoms with Gasteiger partial charge in [-0.3, -0.25) is 0 Å². The molecule has 3 unspecified atom stereocenters. The highest BCUT2D eigenvalue weighted by Gasteiger charge is 2.33. The van der Waals surface area contributed by atoms with Crippen molar-refractivity contribution in [3.63, 3.8) is 0 Å². The lowest BCUT2D eigenvalue weighted by molar-refractivity contribution is 0.281. The normalized spacial score (nSPS) is 21.0. The van der Waals surface area contributed by atoms with Crippen LogP contribution in [0, 0.1) is 0 Å². The van der Waals surface area contributed by atoms with Crippen LogP contribution < -0.4 is 10.1 Å². The van der Waals surface area contributed by atoms with Crippen LogP contribution in [-0.4, -0.2) is 23.9 Å². The van der Waals surface area contributed by atoms with Crippen LogP contribution in [-0.2, 0) is 0 Å². The maximum absolute atomic E-state index is 6.82. The molecule has 3 heterocycles. The van der Waals surface area contributed by atoms with Crippen LogP contribution in [0.1, 0.15) is 59.4 Å². The van der Waals surface area contributed by atoms with Gasteiger partial charge in [-0.25, -0.2) is 9.98 Å². The second kappa shape index (κ2) is 13.8. The third-order valence-corrected chi connectivity index (χ3v) is 12.9. The molecule has 0 radical (unpaired) electrons. The number of hydrogen-bond donors (Lipinski definition) is 1. The number of allylic oxidation sites excluding steroid dienone is 8. The zero-order valence-corrected chi connectivity index (χ0v) is 31.7. The number of hydrogen-bond acceptors (Lipinski definition) is 5. The second-order valence-corrected chi connectivity index (χ2v) is 16.1. The van der Waals surface area contributed by atoms with Crippen LogP contribution in [0.4, 0.5) is 0 Å². The SMILES string of the molecule is C1=CCC(c2ccc(C3=NC(C4=CCCC=C4)NC(c4ccc5c(c4)OC4CC(c6ccccc6-c6cccc7c6sc6ccccc67)=CC=C54)=N3)cc2)C=C1. The van der Waals surface area contributed by atoms with Gasteiger partial charge in [-0.05, 0) is 59.2 Å².